The van der Waals surface area contributed by atoms with Gasteiger partial charge < -0.3 is 15.1 Å². The molecule has 2 rings (SSSR count). The van der Waals surface area contributed by atoms with Gasteiger partial charge in [-0.1, -0.05) is 24.3 Å². The lowest BCUT2D eigenvalue weighted by Crippen LogP contribution is -2.44. The summed E-state index contributed by atoms with van der Waals surface area (Å²) in [6.45, 7) is 10.2. The highest BCUT2D eigenvalue weighted by Gasteiger charge is 2.38. The number of likely N-dealkylation sites (N-methyl/N-ethyl adjacent to an activating group) is 1. The zero-order valence-corrected chi connectivity index (χ0v) is 15.7. The van der Waals surface area contributed by atoms with Crippen molar-refractivity contribution in [3.05, 3.63) is 35.4 Å². The zero-order valence-electron chi connectivity index (χ0n) is 14.9. The van der Waals surface area contributed by atoms with E-state index in [0.29, 0.717) is 26.2 Å². The molecule has 1 aliphatic heterocycles. The average molecular weight is 350 g/mol. The summed E-state index contributed by atoms with van der Waals surface area (Å²) in [4.78, 5) is 28.3. The third kappa shape index (κ3) is 4.04. The van der Waals surface area contributed by atoms with E-state index in [2.05, 4.69) is 24.4 Å². The van der Waals surface area contributed by atoms with E-state index in [0.717, 1.165) is 0 Å². The van der Waals surface area contributed by atoms with E-state index in [9.17, 15) is 9.59 Å². The number of hydrogen-bond donors (Lipinski definition) is 1. The van der Waals surface area contributed by atoms with E-state index >= 15 is 0 Å². The minimum atomic E-state index is -0.0696. The Bertz CT molecular complexity index is 593. The van der Waals surface area contributed by atoms with Crippen molar-refractivity contribution in [1.29, 1.82) is 0 Å². The van der Waals surface area contributed by atoms with Crippen LogP contribution in [0.25, 0.3) is 0 Å². The van der Waals surface area contributed by atoms with E-state index in [-0.39, 0.29) is 22.6 Å². The van der Waals surface area contributed by atoms with E-state index in [1.807, 2.05) is 37.8 Å². The van der Waals surface area contributed by atoms with Gasteiger partial charge in [-0.3, -0.25) is 4.79 Å². The number of carbonyl (C=O) groups excluding carboxylic acids is 2. The van der Waals surface area contributed by atoms with Crippen molar-refractivity contribution in [3.63, 3.8) is 0 Å². The molecule has 1 fully saturated rings. The Hall–Kier alpha value is -1.69. The molecule has 1 aliphatic rings. The third-order valence-electron chi connectivity index (χ3n) is 4.31. The molecule has 0 aromatic heterocycles. The van der Waals surface area contributed by atoms with Crippen LogP contribution in [-0.2, 0) is 4.79 Å². The number of amides is 3. The standard InChI is InChI=1S/C18H27N3O2S/c1-5-19-18(23)20(6-2)11-12-21-16(22)14(4)24-17(21)15-10-8-7-9-13(15)3/h7-10,14,17H,5-6,11-12H2,1-4H3,(H,19,23)/t14-,17+/m1/s1. The van der Waals surface area contributed by atoms with Gasteiger partial charge in [0.05, 0.1) is 5.25 Å². The predicted molar refractivity (Wildman–Crippen MR) is 99.0 cm³/mol. The van der Waals surface area contributed by atoms with Gasteiger partial charge in [-0.15, -0.1) is 11.8 Å². The maximum atomic E-state index is 12.6. The van der Waals surface area contributed by atoms with Crippen LogP contribution in [0, 0.1) is 6.92 Å². The number of urea groups is 1. The molecule has 0 aliphatic carbocycles. The van der Waals surface area contributed by atoms with Crippen LogP contribution in [0.1, 0.15) is 37.3 Å². The average Bonchev–Trinajstić information content (AvgIpc) is 2.84. The molecule has 5 nitrogen and oxygen atoms in total. The topological polar surface area (TPSA) is 52.7 Å². The van der Waals surface area contributed by atoms with Crippen LogP contribution < -0.4 is 5.32 Å². The minimum Gasteiger partial charge on any atom is -0.338 e. The van der Waals surface area contributed by atoms with Crippen LogP contribution in [0.5, 0.6) is 0 Å². The molecule has 0 spiro atoms. The normalized spacial score (nSPS) is 20.3. The highest BCUT2D eigenvalue weighted by atomic mass is 32.2. The van der Waals surface area contributed by atoms with Crippen LogP contribution in [0.4, 0.5) is 4.79 Å². The first-order valence-electron chi connectivity index (χ1n) is 8.53. The number of aryl methyl sites for hydroxylation is 1. The third-order valence-corrected chi connectivity index (χ3v) is 5.69. The van der Waals surface area contributed by atoms with Crippen molar-refractivity contribution < 1.29 is 9.59 Å². The summed E-state index contributed by atoms with van der Waals surface area (Å²) in [5.41, 5.74) is 2.37. The summed E-state index contributed by atoms with van der Waals surface area (Å²) in [5, 5.41) is 2.80. The van der Waals surface area contributed by atoms with Gasteiger partial charge in [0.15, 0.2) is 0 Å². The molecule has 24 heavy (non-hydrogen) atoms. The van der Waals surface area contributed by atoms with Crippen molar-refractivity contribution >= 4 is 23.7 Å². The molecule has 132 valence electrons. The number of carbonyl (C=O) groups is 2. The first-order chi connectivity index (χ1) is 11.5. The fourth-order valence-electron chi connectivity index (χ4n) is 2.90. The van der Waals surface area contributed by atoms with Gasteiger partial charge in [-0.2, -0.15) is 0 Å². The van der Waals surface area contributed by atoms with Gasteiger partial charge in [-0.25, -0.2) is 4.79 Å². The molecule has 0 unspecified atom stereocenters. The van der Waals surface area contributed by atoms with Gasteiger partial charge in [0.25, 0.3) is 0 Å². The molecule has 3 amide bonds. The molecule has 1 aromatic carbocycles. The molecular weight excluding hydrogens is 322 g/mol. The molecule has 0 saturated carbocycles. The minimum absolute atomic E-state index is 0.0293. The number of thioether (sulfide) groups is 1. The lowest BCUT2D eigenvalue weighted by molar-refractivity contribution is -0.129. The van der Waals surface area contributed by atoms with Gasteiger partial charge in [-0.05, 0) is 38.8 Å². The second kappa shape index (κ2) is 8.42. The molecule has 0 radical (unpaired) electrons. The molecular formula is C18H27N3O2S. The number of rotatable bonds is 6. The Morgan fingerprint density at radius 1 is 1.33 bits per heavy atom. The zero-order chi connectivity index (χ0) is 17.7. The van der Waals surface area contributed by atoms with E-state index in [4.69, 9.17) is 0 Å². The molecule has 1 saturated heterocycles. The smallest absolute Gasteiger partial charge is 0.317 e. The Balaban J connectivity index is 2.12. The molecule has 0 bridgehead atoms. The van der Waals surface area contributed by atoms with E-state index in [1.54, 1.807) is 16.7 Å². The summed E-state index contributed by atoms with van der Waals surface area (Å²) in [7, 11) is 0. The van der Waals surface area contributed by atoms with Crippen molar-refractivity contribution in [2.75, 3.05) is 26.2 Å². The summed E-state index contributed by atoms with van der Waals surface area (Å²) < 4.78 is 0. The Morgan fingerprint density at radius 2 is 2.04 bits per heavy atom. The molecule has 1 N–H and O–H groups in total. The Kier molecular flexibility index (Phi) is 6.54. The summed E-state index contributed by atoms with van der Waals surface area (Å²) in [6.07, 6.45) is 0. The first-order valence-corrected chi connectivity index (χ1v) is 9.48. The van der Waals surface area contributed by atoms with Crippen LogP contribution in [-0.4, -0.2) is 53.2 Å². The van der Waals surface area contributed by atoms with Crippen molar-refractivity contribution in [2.45, 2.75) is 38.3 Å². The quantitative estimate of drug-likeness (QED) is 0.859. The maximum Gasteiger partial charge on any atom is 0.317 e. The molecule has 6 heteroatoms. The number of benzene rings is 1. The number of hydrogen-bond acceptors (Lipinski definition) is 3. The van der Waals surface area contributed by atoms with Crippen LogP contribution in [0.2, 0.25) is 0 Å². The maximum absolute atomic E-state index is 12.6. The fraction of sp³-hybridized carbons (Fsp3) is 0.556. The monoisotopic (exact) mass is 349 g/mol. The van der Waals surface area contributed by atoms with E-state index in [1.165, 1.54) is 11.1 Å². The second-order valence-corrected chi connectivity index (χ2v) is 7.36. The van der Waals surface area contributed by atoms with Crippen molar-refractivity contribution in [1.82, 2.24) is 15.1 Å². The van der Waals surface area contributed by atoms with Gasteiger partial charge >= 0.3 is 6.03 Å². The summed E-state index contributed by atoms with van der Waals surface area (Å²) in [6, 6.07) is 8.13. The van der Waals surface area contributed by atoms with Crippen LogP contribution >= 0.6 is 11.8 Å². The number of nitrogens with zero attached hydrogens (tertiary/aromatic N) is 2. The molecule has 1 heterocycles. The second-order valence-electron chi connectivity index (χ2n) is 5.93. The largest absolute Gasteiger partial charge is 0.338 e. The molecule has 2 atom stereocenters. The van der Waals surface area contributed by atoms with Crippen LogP contribution in [0.15, 0.2) is 24.3 Å². The Labute approximate surface area is 148 Å². The van der Waals surface area contributed by atoms with Crippen LogP contribution in [0.3, 0.4) is 0 Å². The predicted octanol–water partition coefficient (Wildman–Crippen LogP) is 3.01. The molecule has 1 aromatic rings. The lowest BCUT2D eigenvalue weighted by Gasteiger charge is -2.29. The Morgan fingerprint density at radius 3 is 2.67 bits per heavy atom. The van der Waals surface area contributed by atoms with Crippen molar-refractivity contribution in [2.24, 2.45) is 0 Å². The fourth-order valence-corrected chi connectivity index (χ4v) is 4.31. The van der Waals surface area contributed by atoms with Crippen molar-refractivity contribution in [3.8, 4) is 0 Å². The highest BCUT2D eigenvalue weighted by Crippen LogP contribution is 2.43. The summed E-state index contributed by atoms with van der Waals surface area (Å²) >= 11 is 1.68. The highest BCUT2D eigenvalue weighted by molar-refractivity contribution is 8.01. The van der Waals surface area contributed by atoms with E-state index < -0.39 is 0 Å². The van der Waals surface area contributed by atoms with Gasteiger partial charge in [0.2, 0.25) is 5.91 Å². The summed E-state index contributed by atoms with van der Waals surface area (Å²) in [5.74, 6) is 0.153. The first kappa shape index (κ1) is 18.6. The van der Waals surface area contributed by atoms with Gasteiger partial charge in [0, 0.05) is 26.2 Å². The van der Waals surface area contributed by atoms with Gasteiger partial charge in [0.1, 0.15) is 5.37 Å². The lowest BCUT2D eigenvalue weighted by atomic mass is 10.1. The SMILES string of the molecule is CCNC(=O)N(CC)CCN1C(=O)[C@@H](C)S[C@H]1c1ccccc1C. The number of nitrogens with one attached hydrogen (secondary N) is 1.